The largest absolute Gasteiger partial charge is 0.384 e. The Morgan fingerprint density at radius 1 is 1.19 bits per heavy atom. The normalized spacial score (nSPS) is 16.0. The number of carbonyl (C=O) groups is 1. The third-order valence-corrected chi connectivity index (χ3v) is 6.46. The lowest BCUT2D eigenvalue weighted by atomic mass is 9.69. The molecule has 0 saturated heterocycles. The van der Waals surface area contributed by atoms with E-state index in [0.717, 1.165) is 24.8 Å². The second kappa shape index (κ2) is 6.83. The van der Waals surface area contributed by atoms with Gasteiger partial charge in [0.05, 0.1) is 11.9 Å². The monoisotopic (exact) mass is 429 g/mol. The Labute approximate surface area is 174 Å². The number of hydrogen-bond donors (Lipinski definition) is 0. The van der Waals surface area contributed by atoms with E-state index in [0.29, 0.717) is 28.8 Å². The van der Waals surface area contributed by atoms with Gasteiger partial charge in [-0.3, -0.25) is 9.48 Å². The summed E-state index contributed by atoms with van der Waals surface area (Å²) in [6, 6.07) is 4.38. The van der Waals surface area contributed by atoms with Crippen molar-refractivity contribution in [2.75, 3.05) is 0 Å². The van der Waals surface area contributed by atoms with Crippen molar-refractivity contribution in [3.63, 3.8) is 0 Å². The zero-order valence-electron chi connectivity index (χ0n) is 16.6. The molecule has 6 nitrogen and oxygen atoms in total. The fourth-order valence-corrected chi connectivity index (χ4v) is 4.81. The van der Waals surface area contributed by atoms with Gasteiger partial charge in [0.1, 0.15) is 5.56 Å². The van der Waals surface area contributed by atoms with Crippen LogP contribution in [0, 0.1) is 0 Å². The lowest BCUT2D eigenvalue weighted by Crippen LogP contribution is -2.46. The van der Waals surface area contributed by atoms with Crippen LogP contribution in [0.5, 0.6) is 0 Å². The average molecular weight is 429 g/mol. The highest BCUT2D eigenvalue weighted by Crippen LogP contribution is 2.50. The maximum atomic E-state index is 14.0. The first-order valence-electron chi connectivity index (χ1n) is 9.87. The molecule has 1 aliphatic carbocycles. The van der Waals surface area contributed by atoms with Crippen LogP contribution in [0.4, 0.5) is 13.3 Å². The predicted octanol–water partition coefficient (Wildman–Crippen LogP) is 4.33. The molecule has 0 amide bonds. The van der Waals surface area contributed by atoms with Crippen LogP contribution in [0.1, 0.15) is 47.2 Å². The molecule has 2 aliphatic rings. The molecule has 0 atom stereocenters. The van der Waals surface area contributed by atoms with Gasteiger partial charge in [-0.25, -0.2) is 18.5 Å². The molecule has 0 N–H and O–H groups in total. The van der Waals surface area contributed by atoms with Crippen molar-refractivity contribution in [2.24, 2.45) is 7.05 Å². The molecule has 160 valence electrons. The van der Waals surface area contributed by atoms with Gasteiger partial charge >= 0.3 is 5.97 Å². The summed E-state index contributed by atoms with van der Waals surface area (Å²) in [6.07, 6.45) is 4.90. The lowest BCUT2D eigenvalue weighted by molar-refractivity contribution is -0.0790. The number of fused-ring (bicyclic) bond motifs is 4. The van der Waals surface area contributed by atoms with E-state index >= 15 is 0 Å². The Bertz CT molecular complexity index is 1270. The van der Waals surface area contributed by atoms with E-state index in [9.17, 15) is 22.9 Å². The van der Waals surface area contributed by atoms with Crippen molar-refractivity contribution < 1.29 is 23.0 Å². The van der Waals surface area contributed by atoms with Gasteiger partial charge in [0.2, 0.25) is 0 Å². The molecule has 0 radical (unpaired) electrons. The van der Waals surface area contributed by atoms with Gasteiger partial charge in [0.15, 0.2) is 5.43 Å². The standard InChI is InChI=1S/C22H18F3N3O3/c1-27-10-13(9-26-27)14-5-12-8-22(3-2-4-22)28-11-17(21(30)31-25)19(29)7-18(28)15(12)6-16(14)20(23)24/h5-7,9-11,20H,2-4,8H2,1H3. The second-order valence-electron chi connectivity index (χ2n) is 8.23. The third-order valence-electron chi connectivity index (χ3n) is 6.46. The van der Waals surface area contributed by atoms with Crippen molar-refractivity contribution in [2.45, 2.75) is 37.6 Å². The second-order valence-corrected chi connectivity index (χ2v) is 8.23. The summed E-state index contributed by atoms with van der Waals surface area (Å²) < 4.78 is 43.8. The van der Waals surface area contributed by atoms with E-state index < -0.39 is 23.4 Å². The molecule has 1 aliphatic heterocycles. The Hall–Kier alpha value is -3.36. The van der Waals surface area contributed by atoms with Crippen molar-refractivity contribution >= 4 is 5.97 Å². The van der Waals surface area contributed by atoms with Crippen LogP contribution < -0.4 is 5.43 Å². The number of hydrogen-bond acceptors (Lipinski definition) is 4. The number of aromatic nitrogens is 3. The first-order valence-corrected chi connectivity index (χ1v) is 9.87. The van der Waals surface area contributed by atoms with Crippen LogP contribution in [0.3, 0.4) is 0 Å². The van der Waals surface area contributed by atoms with Crippen molar-refractivity contribution in [1.82, 2.24) is 14.3 Å². The summed E-state index contributed by atoms with van der Waals surface area (Å²) in [5, 5.41) is 4.10. The highest BCUT2D eigenvalue weighted by molar-refractivity contribution is 5.89. The van der Waals surface area contributed by atoms with Gasteiger partial charge in [0.25, 0.3) is 6.43 Å². The van der Waals surface area contributed by atoms with Gasteiger partial charge < -0.3 is 4.57 Å². The summed E-state index contributed by atoms with van der Waals surface area (Å²) in [5.74, 6) is -1.36. The summed E-state index contributed by atoms with van der Waals surface area (Å²) in [5.41, 5.74) is 1.12. The molecule has 9 heteroatoms. The average Bonchev–Trinajstić information content (AvgIpc) is 3.16. The minimum atomic E-state index is -2.74. The molecule has 31 heavy (non-hydrogen) atoms. The molecule has 1 aromatic carbocycles. The quantitative estimate of drug-likeness (QED) is 0.622. The number of rotatable bonds is 3. The number of aryl methyl sites for hydroxylation is 1. The molecule has 3 heterocycles. The van der Waals surface area contributed by atoms with Gasteiger partial charge in [-0.15, -0.1) is 0 Å². The van der Waals surface area contributed by atoms with E-state index in [2.05, 4.69) is 10.0 Å². The first kappa shape index (κ1) is 19.6. The molecular weight excluding hydrogens is 411 g/mol. The summed E-state index contributed by atoms with van der Waals surface area (Å²) >= 11 is 0. The van der Waals surface area contributed by atoms with E-state index in [-0.39, 0.29) is 11.1 Å². The molecule has 5 rings (SSSR count). The zero-order chi connectivity index (χ0) is 21.9. The molecule has 1 fully saturated rings. The SMILES string of the molecule is Cn1cc(-c2cc3c(cc2C(F)F)-c2cc(=O)c(C(=O)OF)cn2C2(CCC2)C3)cn1. The molecule has 0 unspecified atom stereocenters. The first-order chi connectivity index (χ1) is 14.8. The number of pyridine rings is 1. The minimum Gasteiger partial charge on any atom is -0.340 e. The van der Waals surface area contributed by atoms with Crippen LogP contribution in [0.25, 0.3) is 22.4 Å². The number of carbonyl (C=O) groups excluding carboxylic acids is 1. The van der Waals surface area contributed by atoms with E-state index in [1.807, 2.05) is 0 Å². The molecule has 1 spiro atoms. The summed E-state index contributed by atoms with van der Waals surface area (Å²) in [4.78, 5) is 27.5. The molecule has 3 aromatic rings. The maximum Gasteiger partial charge on any atom is 0.384 e. The maximum absolute atomic E-state index is 14.0. The molecular formula is C22H18F3N3O3. The van der Waals surface area contributed by atoms with Gasteiger partial charge in [0, 0.05) is 52.3 Å². The number of alkyl halides is 2. The minimum absolute atomic E-state index is 0.164. The Morgan fingerprint density at radius 2 is 1.97 bits per heavy atom. The fourth-order valence-electron chi connectivity index (χ4n) is 4.81. The van der Waals surface area contributed by atoms with Crippen molar-refractivity contribution in [1.29, 1.82) is 0 Å². The molecule has 1 saturated carbocycles. The highest BCUT2D eigenvalue weighted by atomic mass is 19.3. The molecule has 2 aromatic heterocycles. The Kier molecular flexibility index (Phi) is 4.32. The van der Waals surface area contributed by atoms with Crippen LogP contribution >= 0.6 is 0 Å². The van der Waals surface area contributed by atoms with Crippen molar-refractivity contribution in [3.8, 4) is 22.4 Å². The van der Waals surface area contributed by atoms with E-state index in [1.54, 1.807) is 34.8 Å². The fraction of sp³-hybridized carbons (Fsp3) is 0.318. The van der Waals surface area contributed by atoms with Crippen LogP contribution in [-0.4, -0.2) is 20.3 Å². The summed E-state index contributed by atoms with van der Waals surface area (Å²) in [7, 11) is 1.72. The number of halogens is 3. The third kappa shape index (κ3) is 2.90. The Morgan fingerprint density at radius 3 is 2.55 bits per heavy atom. The number of benzene rings is 1. The topological polar surface area (TPSA) is 66.1 Å². The van der Waals surface area contributed by atoms with Gasteiger partial charge in [-0.1, -0.05) is 0 Å². The predicted molar refractivity (Wildman–Crippen MR) is 105 cm³/mol. The van der Waals surface area contributed by atoms with Gasteiger partial charge in [-0.2, -0.15) is 5.10 Å². The van der Waals surface area contributed by atoms with Crippen LogP contribution in [-0.2, 0) is 23.9 Å². The van der Waals surface area contributed by atoms with E-state index in [4.69, 9.17) is 0 Å². The highest BCUT2D eigenvalue weighted by Gasteiger charge is 2.44. The van der Waals surface area contributed by atoms with Gasteiger partial charge in [-0.05, 0) is 48.9 Å². The van der Waals surface area contributed by atoms with Crippen LogP contribution in [0.15, 0.2) is 41.6 Å². The summed E-state index contributed by atoms with van der Waals surface area (Å²) in [6.45, 7) is 0. The zero-order valence-corrected chi connectivity index (χ0v) is 16.6. The number of nitrogens with zero attached hydrogens (tertiary/aromatic N) is 3. The lowest BCUT2D eigenvalue weighted by Gasteiger charge is -2.49. The Balaban J connectivity index is 1.77. The smallest absolute Gasteiger partial charge is 0.340 e. The van der Waals surface area contributed by atoms with E-state index in [1.165, 1.54) is 18.3 Å². The van der Waals surface area contributed by atoms with Crippen molar-refractivity contribution in [3.05, 3.63) is 63.7 Å². The molecule has 0 bridgehead atoms. The van der Waals surface area contributed by atoms with Crippen LogP contribution in [0.2, 0.25) is 0 Å².